The molecule has 0 spiro atoms. The van der Waals surface area contributed by atoms with E-state index in [1.807, 2.05) is 104 Å². The third-order valence-electron chi connectivity index (χ3n) is 5.06. The predicted molar refractivity (Wildman–Crippen MR) is 120 cm³/mol. The normalized spacial score (nSPS) is 11.7. The van der Waals surface area contributed by atoms with Crippen LogP contribution in [0.15, 0.2) is 85.1 Å². The molecule has 0 bridgehead atoms. The van der Waals surface area contributed by atoms with Gasteiger partial charge in [-0.25, -0.2) is 9.48 Å². The van der Waals surface area contributed by atoms with Gasteiger partial charge in [-0.2, -0.15) is 5.10 Å². The zero-order chi connectivity index (χ0) is 21.8. The van der Waals surface area contributed by atoms with Crippen molar-refractivity contribution in [2.75, 3.05) is 5.32 Å². The van der Waals surface area contributed by atoms with E-state index in [0.717, 1.165) is 39.4 Å². The molecule has 0 fully saturated rings. The summed E-state index contributed by atoms with van der Waals surface area (Å²) in [6, 6.07) is 25.1. The Bertz CT molecular complexity index is 1160. The van der Waals surface area contributed by atoms with E-state index in [4.69, 9.17) is 4.74 Å². The first-order chi connectivity index (χ1) is 15.0. The van der Waals surface area contributed by atoms with E-state index in [9.17, 15) is 9.90 Å². The van der Waals surface area contributed by atoms with Crippen LogP contribution in [0, 0.1) is 13.8 Å². The molecule has 1 heterocycles. The molecule has 0 saturated carbocycles. The Morgan fingerprint density at radius 1 is 0.968 bits per heavy atom. The third kappa shape index (κ3) is 4.59. The minimum atomic E-state index is -1.30. The molecule has 1 unspecified atom stereocenters. The number of anilines is 2. The van der Waals surface area contributed by atoms with Crippen molar-refractivity contribution in [3.05, 3.63) is 107 Å². The summed E-state index contributed by atoms with van der Waals surface area (Å²) < 4.78 is 7.08. The minimum absolute atomic E-state index is 0.690. The second-order valence-corrected chi connectivity index (χ2v) is 7.30. The summed E-state index contributed by atoms with van der Waals surface area (Å²) in [5, 5.41) is 17.2. The van der Waals surface area contributed by atoms with Crippen LogP contribution in [0.25, 0.3) is 5.69 Å². The van der Waals surface area contributed by atoms with Gasteiger partial charge in [-0.05, 0) is 54.8 Å². The Balaban J connectivity index is 1.62. The molecular formula is C25H23N3O3. The summed E-state index contributed by atoms with van der Waals surface area (Å²) in [6.45, 7) is 3.91. The highest BCUT2D eigenvalue weighted by molar-refractivity contribution is 5.63. The molecule has 0 aliphatic carbocycles. The average molecular weight is 413 g/mol. The molecule has 2 N–H and O–H groups in total. The number of nitrogens with zero attached hydrogens (tertiary/aromatic N) is 2. The second kappa shape index (κ2) is 8.75. The molecule has 1 aromatic heterocycles. The van der Waals surface area contributed by atoms with Crippen LogP contribution in [0.1, 0.15) is 28.4 Å². The Hall–Kier alpha value is -4.06. The fourth-order valence-electron chi connectivity index (χ4n) is 3.75. The van der Waals surface area contributed by atoms with Crippen LogP contribution in [0.2, 0.25) is 0 Å². The lowest BCUT2D eigenvalue weighted by molar-refractivity contribution is 0.0659. The van der Waals surface area contributed by atoms with Crippen molar-refractivity contribution >= 4 is 17.7 Å². The van der Waals surface area contributed by atoms with Crippen molar-refractivity contribution in [3.8, 4) is 5.69 Å². The first-order valence-electron chi connectivity index (χ1n) is 9.95. The molecule has 0 aliphatic heterocycles. The van der Waals surface area contributed by atoms with Crippen LogP contribution in [0.5, 0.6) is 0 Å². The lowest BCUT2D eigenvalue weighted by Gasteiger charge is -2.22. The Kier molecular flexibility index (Phi) is 5.71. The van der Waals surface area contributed by atoms with Crippen molar-refractivity contribution in [1.29, 1.82) is 0 Å². The van der Waals surface area contributed by atoms with Crippen LogP contribution in [0.4, 0.5) is 16.3 Å². The minimum Gasteiger partial charge on any atom is -0.450 e. The summed E-state index contributed by atoms with van der Waals surface area (Å²) in [5.74, 6) is 0.719. The topological polar surface area (TPSA) is 76.4 Å². The van der Waals surface area contributed by atoms with E-state index in [1.54, 1.807) is 0 Å². The number of ether oxygens (including phenoxy) is 1. The van der Waals surface area contributed by atoms with Crippen molar-refractivity contribution in [1.82, 2.24) is 9.78 Å². The number of benzene rings is 3. The number of hydrogen-bond donors (Lipinski definition) is 2. The maximum atomic E-state index is 11.4. The maximum Gasteiger partial charge on any atom is 0.506 e. The highest BCUT2D eigenvalue weighted by Gasteiger charge is 2.23. The zero-order valence-electron chi connectivity index (χ0n) is 17.3. The number of carboxylic acid groups (broad SMARTS) is 1. The lowest BCUT2D eigenvalue weighted by Crippen LogP contribution is -2.13. The van der Waals surface area contributed by atoms with Gasteiger partial charge in [0, 0.05) is 23.5 Å². The van der Waals surface area contributed by atoms with Crippen molar-refractivity contribution in [2.45, 2.75) is 20.0 Å². The van der Waals surface area contributed by atoms with Crippen LogP contribution in [-0.2, 0) is 4.74 Å². The largest absolute Gasteiger partial charge is 0.506 e. The molecule has 4 rings (SSSR count). The van der Waals surface area contributed by atoms with Crippen LogP contribution < -0.4 is 5.32 Å². The van der Waals surface area contributed by atoms with Gasteiger partial charge in [0.25, 0.3) is 0 Å². The summed E-state index contributed by atoms with van der Waals surface area (Å²) >= 11 is 0. The quantitative estimate of drug-likeness (QED) is 0.378. The van der Waals surface area contributed by atoms with Gasteiger partial charge in [-0.3, -0.25) is 0 Å². The first-order valence-corrected chi connectivity index (χ1v) is 9.95. The fourth-order valence-corrected chi connectivity index (χ4v) is 3.75. The van der Waals surface area contributed by atoms with Gasteiger partial charge in [0.05, 0.1) is 5.69 Å². The van der Waals surface area contributed by atoms with Gasteiger partial charge >= 0.3 is 6.16 Å². The van der Waals surface area contributed by atoms with Crippen molar-refractivity contribution in [3.63, 3.8) is 0 Å². The SMILES string of the molecule is Cc1cc(Nc2ccn(-c3ccccc3)n2)cc(C)c1C(OC(=O)O)c1ccccc1. The van der Waals surface area contributed by atoms with Crippen molar-refractivity contribution in [2.24, 2.45) is 0 Å². The maximum absolute atomic E-state index is 11.4. The lowest BCUT2D eigenvalue weighted by atomic mass is 9.92. The molecule has 3 aromatic carbocycles. The van der Waals surface area contributed by atoms with E-state index in [1.165, 1.54) is 0 Å². The Morgan fingerprint density at radius 3 is 2.19 bits per heavy atom. The molecule has 0 saturated heterocycles. The number of nitrogens with one attached hydrogen (secondary N) is 1. The molecule has 6 nitrogen and oxygen atoms in total. The van der Waals surface area contributed by atoms with E-state index >= 15 is 0 Å². The summed E-state index contributed by atoms with van der Waals surface area (Å²) in [6.07, 6.45) is -0.0934. The van der Waals surface area contributed by atoms with E-state index < -0.39 is 12.3 Å². The molecule has 0 amide bonds. The molecule has 0 radical (unpaired) electrons. The van der Waals surface area contributed by atoms with Gasteiger partial charge < -0.3 is 15.2 Å². The van der Waals surface area contributed by atoms with Crippen LogP contribution in [-0.4, -0.2) is 21.0 Å². The highest BCUT2D eigenvalue weighted by atomic mass is 16.7. The van der Waals surface area contributed by atoms with Gasteiger partial charge in [-0.1, -0.05) is 48.5 Å². The molecule has 31 heavy (non-hydrogen) atoms. The zero-order valence-corrected chi connectivity index (χ0v) is 17.3. The second-order valence-electron chi connectivity index (χ2n) is 7.30. The van der Waals surface area contributed by atoms with Gasteiger partial charge in [0.1, 0.15) is 0 Å². The standard InChI is InChI=1S/C25H23N3O3/c1-17-15-20(26-22-13-14-28(27-22)21-11-7-4-8-12-21)16-18(2)23(17)24(31-25(29)30)19-9-5-3-6-10-19/h3-16,24H,1-2H3,(H,26,27)(H,29,30). The summed E-state index contributed by atoms with van der Waals surface area (Å²) in [7, 11) is 0. The molecule has 4 aromatic rings. The van der Waals surface area contributed by atoms with Crippen molar-refractivity contribution < 1.29 is 14.6 Å². The number of rotatable bonds is 6. The Labute approximate surface area is 180 Å². The number of aryl methyl sites for hydroxylation is 2. The molecular weight excluding hydrogens is 390 g/mol. The van der Waals surface area contributed by atoms with Gasteiger partial charge in [0.2, 0.25) is 0 Å². The van der Waals surface area contributed by atoms with E-state index in [-0.39, 0.29) is 0 Å². The summed E-state index contributed by atoms with van der Waals surface area (Å²) in [4.78, 5) is 11.4. The van der Waals surface area contributed by atoms with Crippen LogP contribution in [0.3, 0.4) is 0 Å². The van der Waals surface area contributed by atoms with Gasteiger partial charge in [-0.15, -0.1) is 0 Å². The smallest absolute Gasteiger partial charge is 0.450 e. The van der Waals surface area contributed by atoms with E-state index in [2.05, 4.69) is 10.4 Å². The number of aromatic nitrogens is 2. The monoisotopic (exact) mass is 413 g/mol. The Morgan fingerprint density at radius 2 is 1.58 bits per heavy atom. The molecule has 156 valence electrons. The summed E-state index contributed by atoms with van der Waals surface area (Å²) in [5.41, 5.74) is 5.35. The van der Waals surface area contributed by atoms with E-state index in [0.29, 0.717) is 0 Å². The fraction of sp³-hybridized carbons (Fsp3) is 0.120. The third-order valence-corrected chi connectivity index (χ3v) is 5.06. The highest BCUT2D eigenvalue weighted by Crippen LogP contribution is 2.33. The molecule has 0 aliphatic rings. The molecule has 1 atom stereocenters. The van der Waals surface area contributed by atoms with Crippen LogP contribution >= 0.6 is 0 Å². The first kappa shape index (κ1) is 20.2. The number of para-hydroxylation sites is 1. The van der Waals surface area contributed by atoms with Gasteiger partial charge in [0.15, 0.2) is 11.9 Å². The number of carbonyl (C=O) groups is 1. The number of hydrogen-bond acceptors (Lipinski definition) is 4. The molecule has 6 heteroatoms. The predicted octanol–water partition coefficient (Wildman–Crippen LogP) is 6.02. The average Bonchev–Trinajstić information content (AvgIpc) is 3.22.